The van der Waals surface area contributed by atoms with Crippen molar-refractivity contribution in [3.63, 3.8) is 0 Å². The number of hydrogen-bond acceptors (Lipinski definition) is 2. The molecule has 20 heavy (non-hydrogen) atoms. The van der Waals surface area contributed by atoms with Crippen LogP contribution in [0.5, 0.6) is 0 Å². The van der Waals surface area contributed by atoms with Crippen LogP contribution in [0.25, 0.3) is 0 Å². The summed E-state index contributed by atoms with van der Waals surface area (Å²) in [7, 11) is 1.81. The van der Waals surface area contributed by atoms with E-state index in [1.54, 1.807) is 0 Å². The van der Waals surface area contributed by atoms with Gasteiger partial charge in [-0.2, -0.15) is 0 Å². The quantitative estimate of drug-likeness (QED) is 0.249. The first-order valence-electron chi connectivity index (χ1n) is 6.54. The Morgan fingerprint density at radius 1 is 1.40 bits per heavy atom. The molecule has 1 aromatic rings. The van der Waals surface area contributed by atoms with Crippen LogP contribution in [0, 0.1) is 5.92 Å². The smallest absolute Gasteiger partial charge is 0.191 e. The summed E-state index contributed by atoms with van der Waals surface area (Å²) in [5, 5.41) is 7.53. The van der Waals surface area contributed by atoms with Crippen LogP contribution in [0.4, 0.5) is 0 Å². The van der Waals surface area contributed by atoms with Gasteiger partial charge in [-0.25, -0.2) is 0 Å². The lowest BCUT2D eigenvalue weighted by atomic mass is 10.4. The largest absolute Gasteiger partial charge is 0.356 e. The third kappa shape index (κ3) is 6.10. The van der Waals surface area contributed by atoms with E-state index in [9.17, 15) is 0 Å². The first-order chi connectivity index (χ1) is 9.19. The minimum absolute atomic E-state index is 0. The van der Waals surface area contributed by atoms with E-state index in [2.05, 4.69) is 22.5 Å². The Morgan fingerprint density at radius 2 is 2.05 bits per heavy atom. The monoisotopic (exact) mass is 425 g/mol. The van der Waals surface area contributed by atoms with Crippen LogP contribution in [0.1, 0.15) is 13.3 Å². The van der Waals surface area contributed by atoms with E-state index in [1.165, 1.54) is 11.3 Å². The van der Waals surface area contributed by atoms with Crippen molar-refractivity contribution in [1.29, 1.82) is 0 Å². The lowest BCUT2D eigenvalue weighted by molar-refractivity contribution is 0.775. The topological polar surface area (TPSA) is 36.4 Å². The van der Waals surface area contributed by atoms with E-state index >= 15 is 0 Å². The second kappa shape index (κ2) is 9.00. The van der Waals surface area contributed by atoms with Gasteiger partial charge in [0, 0.05) is 35.3 Å². The lowest BCUT2D eigenvalue weighted by Gasteiger charge is -2.11. The molecule has 2 rings (SSSR count). The predicted molar refractivity (Wildman–Crippen MR) is 99.7 cm³/mol. The fourth-order valence-corrected chi connectivity index (χ4v) is 2.66. The second-order valence-corrected chi connectivity index (χ2v) is 6.37. The number of rotatable bonds is 5. The van der Waals surface area contributed by atoms with Gasteiger partial charge < -0.3 is 10.6 Å². The van der Waals surface area contributed by atoms with Gasteiger partial charge in [-0.1, -0.05) is 18.5 Å². The van der Waals surface area contributed by atoms with Gasteiger partial charge in [0.15, 0.2) is 5.96 Å². The Labute approximate surface area is 147 Å². The minimum Gasteiger partial charge on any atom is -0.356 e. The summed E-state index contributed by atoms with van der Waals surface area (Å²) in [6.45, 7) is 3.15. The summed E-state index contributed by atoms with van der Waals surface area (Å²) in [6.07, 6.45) is 1.25. The van der Waals surface area contributed by atoms with Crippen molar-refractivity contribution in [3.8, 4) is 0 Å². The molecule has 1 aromatic carbocycles. The highest BCUT2D eigenvalue weighted by molar-refractivity contribution is 14.0. The fourth-order valence-electron chi connectivity index (χ4n) is 1.76. The molecule has 2 atom stereocenters. The molecule has 0 spiro atoms. The van der Waals surface area contributed by atoms with E-state index in [4.69, 9.17) is 11.6 Å². The molecular formula is C14H21ClIN3S. The van der Waals surface area contributed by atoms with Gasteiger partial charge in [0.1, 0.15) is 0 Å². The number of benzene rings is 1. The van der Waals surface area contributed by atoms with Crippen LogP contribution < -0.4 is 10.6 Å². The molecule has 0 bridgehead atoms. The van der Waals surface area contributed by atoms with E-state index in [1.807, 2.05) is 43.1 Å². The van der Waals surface area contributed by atoms with Crippen LogP contribution in [0.3, 0.4) is 0 Å². The fraction of sp³-hybridized carbons (Fsp3) is 0.500. The maximum absolute atomic E-state index is 5.85. The number of guanidine groups is 1. The van der Waals surface area contributed by atoms with E-state index in [0.29, 0.717) is 6.04 Å². The maximum Gasteiger partial charge on any atom is 0.191 e. The Kier molecular flexibility index (Phi) is 8.06. The molecule has 0 radical (unpaired) electrons. The van der Waals surface area contributed by atoms with Crippen LogP contribution in [-0.2, 0) is 0 Å². The SMILES string of the molecule is CN=C(NCCSc1ccc(Cl)cc1)NC1CC1C.I. The first-order valence-corrected chi connectivity index (χ1v) is 7.91. The molecule has 0 heterocycles. The van der Waals surface area contributed by atoms with Gasteiger partial charge in [0.2, 0.25) is 0 Å². The van der Waals surface area contributed by atoms with Crippen molar-refractivity contribution >= 4 is 53.3 Å². The van der Waals surface area contributed by atoms with Crippen molar-refractivity contribution < 1.29 is 0 Å². The summed E-state index contributed by atoms with van der Waals surface area (Å²) in [5.41, 5.74) is 0. The Morgan fingerprint density at radius 3 is 2.60 bits per heavy atom. The number of aliphatic imine (C=N–C) groups is 1. The molecule has 0 aromatic heterocycles. The molecular weight excluding hydrogens is 405 g/mol. The molecule has 2 N–H and O–H groups in total. The maximum atomic E-state index is 5.85. The van der Waals surface area contributed by atoms with E-state index in [-0.39, 0.29) is 24.0 Å². The lowest BCUT2D eigenvalue weighted by Crippen LogP contribution is -2.40. The van der Waals surface area contributed by atoms with E-state index < -0.39 is 0 Å². The van der Waals surface area contributed by atoms with Gasteiger partial charge in [0.25, 0.3) is 0 Å². The highest BCUT2D eigenvalue weighted by Crippen LogP contribution is 2.28. The third-order valence-corrected chi connectivity index (χ3v) is 4.40. The van der Waals surface area contributed by atoms with Crippen LogP contribution in [0.2, 0.25) is 5.02 Å². The molecule has 1 aliphatic carbocycles. The van der Waals surface area contributed by atoms with Crippen molar-refractivity contribution in [2.45, 2.75) is 24.3 Å². The van der Waals surface area contributed by atoms with Gasteiger partial charge >= 0.3 is 0 Å². The number of thioether (sulfide) groups is 1. The van der Waals surface area contributed by atoms with Gasteiger partial charge in [-0.3, -0.25) is 4.99 Å². The van der Waals surface area contributed by atoms with Crippen molar-refractivity contribution in [2.75, 3.05) is 19.3 Å². The molecule has 1 fully saturated rings. The van der Waals surface area contributed by atoms with Gasteiger partial charge in [0.05, 0.1) is 0 Å². The summed E-state index contributed by atoms with van der Waals surface area (Å²) in [4.78, 5) is 5.47. The highest BCUT2D eigenvalue weighted by atomic mass is 127. The Hall–Kier alpha value is -0.140. The van der Waals surface area contributed by atoms with Crippen molar-refractivity contribution in [2.24, 2.45) is 10.9 Å². The number of nitrogens with one attached hydrogen (secondary N) is 2. The molecule has 0 amide bonds. The van der Waals surface area contributed by atoms with E-state index in [0.717, 1.165) is 29.2 Å². The van der Waals surface area contributed by atoms with Crippen LogP contribution >= 0.6 is 47.3 Å². The van der Waals surface area contributed by atoms with Crippen molar-refractivity contribution in [3.05, 3.63) is 29.3 Å². The normalized spacial score (nSPS) is 21.1. The molecule has 1 aliphatic rings. The molecule has 0 saturated heterocycles. The molecule has 3 nitrogen and oxygen atoms in total. The molecule has 6 heteroatoms. The number of nitrogens with zero attached hydrogens (tertiary/aromatic N) is 1. The third-order valence-electron chi connectivity index (χ3n) is 3.13. The number of hydrogen-bond donors (Lipinski definition) is 2. The standard InChI is InChI=1S/C14H20ClN3S.HI/c1-10-9-13(10)18-14(16-2)17-7-8-19-12-5-3-11(15)4-6-12;/h3-6,10,13H,7-9H2,1-2H3,(H2,16,17,18);1H. The average Bonchev–Trinajstić information content (AvgIpc) is 3.11. The minimum atomic E-state index is 0. The summed E-state index contributed by atoms with van der Waals surface area (Å²) >= 11 is 7.67. The number of halogens is 2. The average molecular weight is 426 g/mol. The zero-order valence-electron chi connectivity index (χ0n) is 11.7. The first kappa shape index (κ1) is 17.9. The summed E-state index contributed by atoms with van der Waals surface area (Å²) in [6, 6.07) is 8.55. The zero-order valence-corrected chi connectivity index (χ0v) is 15.6. The van der Waals surface area contributed by atoms with Gasteiger partial charge in [-0.15, -0.1) is 35.7 Å². The Balaban J connectivity index is 0.00000200. The molecule has 2 unspecified atom stereocenters. The summed E-state index contributed by atoms with van der Waals surface area (Å²) < 4.78 is 0. The Bertz CT molecular complexity index is 439. The van der Waals surface area contributed by atoms with Crippen LogP contribution in [-0.4, -0.2) is 31.3 Å². The highest BCUT2D eigenvalue weighted by Gasteiger charge is 2.33. The molecule has 1 saturated carbocycles. The predicted octanol–water partition coefficient (Wildman–Crippen LogP) is 3.62. The second-order valence-electron chi connectivity index (χ2n) is 4.77. The zero-order chi connectivity index (χ0) is 13.7. The summed E-state index contributed by atoms with van der Waals surface area (Å²) in [5.74, 6) is 2.69. The van der Waals surface area contributed by atoms with Crippen LogP contribution in [0.15, 0.2) is 34.2 Å². The van der Waals surface area contributed by atoms with Crippen molar-refractivity contribution in [1.82, 2.24) is 10.6 Å². The molecule has 0 aliphatic heterocycles. The molecule has 112 valence electrons. The van der Waals surface area contributed by atoms with Gasteiger partial charge in [-0.05, 0) is 36.6 Å².